The van der Waals surface area contributed by atoms with Crippen LogP contribution in [-0.2, 0) is 6.54 Å². The summed E-state index contributed by atoms with van der Waals surface area (Å²) in [5, 5.41) is 3.44. The first kappa shape index (κ1) is 8.19. The molecule has 1 aromatic rings. The highest BCUT2D eigenvalue weighted by molar-refractivity contribution is 5.39. The van der Waals surface area contributed by atoms with Gasteiger partial charge in [0.25, 0.3) is 0 Å². The molecular formula is C9H7N3. The van der Waals surface area contributed by atoms with Gasteiger partial charge in [-0.25, -0.2) is 0 Å². The lowest BCUT2D eigenvalue weighted by Crippen LogP contribution is -1.85. The van der Waals surface area contributed by atoms with E-state index in [1.54, 1.807) is 0 Å². The molecule has 0 aliphatic heterocycles. The standard InChI is InChI=1S/C9H7N3/c1-2-8-5-3-4-6-9(8)7-11-12-10/h1,3-6H,7H2. The van der Waals surface area contributed by atoms with Crippen molar-refractivity contribution < 1.29 is 0 Å². The van der Waals surface area contributed by atoms with Gasteiger partial charge >= 0.3 is 0 Å². The molecule has 0 heterocycles. The SMILES string of the molecule is C#Cc1ccccc1CN=[N+]=[N-]. The van der Waals surface area contributed by atoms with Crippen molar-refractivity contribution in [1.29, 1.82) is 0 Å². The van der Waals surface area contributed by atoms with Gasteiger partial charge in [0.1, 0.15) is 0 Å². The Balaban J connectivity index is 2.98. The summed E-state index contributed by atoms with van der Waals surface area (Å²) < 4.78 is 0. The van der Waals surface area contributed by atoms with Crippen LogP contribution in [0.15, 0.2) is 29.4 Å². The molecule has 1 aromatic carbocycles. The van der Waals surface area contributed by atoms with Gasteiger partial charge in [0.05, 0.1) is 6.54 Å². The van der Waals surface area contributed by atoms with Crippen LogP contribution in [0, 0.1) is 12.3 Å². The van der Waals surface area contributed by atoms with Crippen molar-refractivity contribution in [2.75, 3.05) is 0 Å². The highest BCUT2D eigenvalue weighted by atomic mass is 15.1. The number of terminal acetylenes is 1. The van der Waals surface area contributed by atoms with Gasteiger partial charge in [-0.2, -0.15) is 0 Å². The van der Waals surface area contributed by atoms with E-state index in [0.717, 1.165) is 11.1 Å². The number of hydrogen-bond acceptors (Lipinski definition) is 1. The molecule has 0 aliphatic carbocycles. The molecule has 3 nitrogen and oxygen atoms in total. The maximum atomic E-state index is 8.10. The Morgan fingerprint density at radius 2 is 2.25 bits per heavy atom. The average Bonchev–Trinajstić information content (AvgIpc) is 2.15. The first-order valence-electron chi connectivity index (χ1n) is 3.44. The second kappa shape index (κ2) is 4.07. The lowest BCUT2D eigenvalue weighted by atomic mass is 10.1. The minimum Gasteiger partial charge on any atom is -0.115 e. The zero-order valence-electron chi connectivity index (χ0n) is 6.44. The molecule has 0 unspecified atom stereocenters. The molecule has 0 aliphatic rings. The number of benzene rings is 1. The Kier molecular flexibility index (Phi) is 2.78. The molecule has 0 N–H and O–H groups in total. The fraction of sp³-hybridized carbons (Fsp3) is 0.111. The second-order valence-electron chi connectivity index (χ2n) is 2.19. The Labute approximate surface area is 70.7 Å². The molecule has 0 spiro atoms. The van der Waals surface area contributed by atoms with Crippen molar-refractivity contribution in [2.45, 2.75) is 6.54 Å². The molecule has 0 amide bonds. The van der Waals surface area contributed by atoms with Gasteiger partial charge in [-0.1, -0.05) is 29.2 Å². The molecule has 0 fully saturated rings. The van der Waals surface area contributed by atoms with E-state index < -0.39 is 0 Å². The highest BCUT2D eigenvalue weighted by Gasteiger charge is 1.95. The van der Waals surface area contributed by atoms with Gasteiger partial charge in [0.15, 0.2) is 0 Å². The molecule has 12 heavy (non-hydrogen) atoms. The van der Waals surface area contributed by atoms with Crippen LogP contribution in [0.1, 0.15) is 11.1 Å². The van der Waals surface area contributed by atoms with Gasteiger partial charge in [0.2, 0.25) is 0 Å². The van der Waals surface area contributed by atoms with E-state index in [1.807, 2.05) is 24.3 Å². The van der Waals surface area contributed by atoms with Gasteiger partial charge in [0, 0.05) is 10.5 Å². The number of nitrogens with zero attached hydrogens (tertiary/aromatic N) is 3. The summed E-state index contributed by atoms with van der Waals surface area (Å²) in [5.74, 6) is 2.52. The maximum absolute atomic E-state index is 8.10. The van der Waals surface area contributed by atoms with Crippen LogP contribution >= 0.6 is 0 Å². The van der Waals surface area contributed by atoms with Crippen LogP contribution in [0.4, 0.5) is 0 Å². The van der Waals surface area contributed by atoms with Crippen molar-refractivity contribution in [1.82, 2.24) is 0 Å². The van der Waals surface area contributed by atoms with Crippen molar-refractivity contribution in [3.05, 3.63) is 45.8 Å². The third-order valence-corrected chi connectivity index (χ3v) is 1.48. The predicted molar refractivity (Wildman–Crippen MR) is 47.2 cm³/mol. The molecule has 0 bridgehead atoms. The number of rotatable bonds is 2. The third kappa shape index (κ3) is 1.79. The van der Waals surface area contributed by atoms with Crippen LogP contribution in [0.3, 0.4) is 0 Å². The zero-order valence-corrected chi connectivity index (χ0v) is 6.44. The Hall–Kier alpha value is -1.91. The van der Waals surface area contributed by atoms with E-state index in [0.29, 0.717) is 6.54 Å². The molecule has 3 heteroatoms. The summed E-state index contributed by atoms with van der Waals surface area (Å²) in [7, 11) is 0. The van der Waals surface area contributed by atoms with Gasteiger partial charge in [-0.05, 0) is 17.2 Å². The van der Waals surface area contributed by atoms with Gasteiger partial charge in [-0.3, -0.25) is 0 Å². The maximum Gasteiger partial charge on any atom is 0.0523 e. The third-order valence-electron chi connectivity index (χ3n) is 1.48. The van der Waals surface area contributed by atoms with E-state index in [2.05, 4.69) is 15.9 Å². The lowest BCUT2D eigenvalue weighted by Gasteiger charge is -1.97. The topological polar surface area (TPSA) is 48.8 Å². The summed E-state index contributed by atoms with van der Waals surface area (Å²) in [6, 6.07) is 7.39. The summed E-state index contributed by atoms with van der Waals surface area (Å²) in [6.07, 6.45) is 5.24. The van der Waals surface area contributed by atoms with Crippen LogP contribution in [0.5, 0.6) is 0 Å². The monoisotopic (exact) mass is 157 g/mol. The second-order valence-corrected chi connectivity index (χ2v) is 2.19. The molecule has 0 aromatic heterocycles. The van der Waals surface area contributed by atoms with E-state index >= 15 is 0 Å². The minimum absolute atomic E-state index is 0.316. The lowest BCUT2D eigenvalue weighted by molar-refractivity contribution is 1.04. The molecule has 0 saturated heterocycles. The quantitative estimate of drug-likeness (QED) is 0.274. The molecule has 1 rings (SSSR count). The molecule has 0 radical (unpaired) electrons. The molecule has 0 atom stereocenters. The smallest absolute Gasteiger partial charge is 0.0523 e. The number of azide groups is 1. The molecule has 58 valence electrons. The highest BCUT2D eigenvalue weighted by Crippen LogP contribution is 2.08. The predicted octanol–water partition coefficient (Wildman–Crippen LogP) is 2.48. The van der Waals surface area contributed by atoms with E-state index in [1.165, 1.54) is 0 Å². The number of hydrogen-bond donors (Lipinski definition) is 0. The van der Waals surface area contributed by atoms with Crippen LogP contribution in [-0.4, -0.2) is 0 Å². The Morgan fingerprint density at radius 1 is 1.50 bits per heavy atom. The van der Waals surface area contributed by atoms with Crippen LogP contribution < -0.4 is 0 Å². The summed E-state index contributed by atoms with van der Waals surface area (Å²) in [4.78, 5) is 2.66. The normalized spacial score (nSPS) is 8.25. The summed E-state index contributed by atoms with van der Waals surface area (Å²) in [6.45, 7) is 0.316. The Bertz CT molecular complexity index is 356. The average molecular weight is 157 g/mol. The van der Waals surface area contributed by atoms with Crippen molar-refractivity contribution in [3.8, 4) is 12.3 Å². The molecule has 0 saturated carbocycles. The van der Waals surface area contributed by atoms with Gasteiger partial charge in [-0.15, -0.1) is 6.42 Å². The van der Waals surface area contributed by atoms with Crippen molar-refractivity contribution in [2.24, 2.45) is 5.11 Å². The fourth-order valence-corrected chi connectivity index (χ4v) is 0.907. The van der Waals surface area contributed by atoms with Crippen molar-refractivity contribution in [3.63, 3.8) is 0 Å². The Morgan fingerprint density at radius 3 is 2.92 bits per heavy atom. The fourth-order valence-electron chi connectivity index (χ4n) is 0.907. The minimum atomic E-state index is 0.316. The van der Waals surface area contributed by atoms with E-state index in [9.17, 15) is 0 Å². The van der Waals surface area contributed by atoms with Gasteiger partial charge < -0.3 is 0 Å². The largest absolute Gasteiger partial charge is 0.115 e. The molecular weight excluding hydrogens is 150 g/mol. The first-order chi connectivity index (χ1) is 5.88. The van der Waals surface area contributed by atoms with E-state index in [-0.39, 0.29) is 0 Å². The van der Waals surface area contributed by atoms with E-state index in [4.69, 9.17) is 12.0 Å². The van der Waals surface area contributed by atoms with Crippen LogP contribution in [0.2, 0.25) is 0 Å². The summed E-state index contributed by atoms with van der Waals surface area (Å²) >= 11 is 0. The summed E-state index contributed by atoms with van der Waals surface area (Å²) in [5.41, 5.74) is 9.77. The zero-order chi connectivity index (χ0) is 8.81. The first-order valence-corrected chi connectivity index (χ1v) is 3.44. The van der Waals surface area contributed by atoms with Crippen molar-refractivity contribution >= 4 is 0 Å². The van der Waals surface area contributed by atoms with Crippen LogP contribution in [0.25, 0.3) is 10.4 Å².